The molecule has 0 atom stereocenters. The second-order valence-electron chi connectivity index (χ2n) is 5.31. The first kappa shape index (κ1) is 17.8. The van der Waals surface area contributed by atoms with Gasteiger partial charge in [-0.3, -0.25) is 0 Å². The van der Waals surface area contributed by atoms with Crippen molar-refractivity contribution in [3.63, 3.8) is 0 Å². The second kappa shape index (κ2) is 7.65. The summed E-state index contributed by atoms with van der Waals surface area (Å²) >= 11 is -6.31. The van der Waals surface area contributed by atoms with Crippen LogP contribution in [0.5, 0.6) is 0 Å². The van der Waals surface area contributed by atoms with Gasteiger partial charge in [-0.1, -0.05) is 0 Å². The van der Waals surface area contributed by atoms with Crippen LogP contribution in [0, 0.1) is 0 Å². The zero-order valence-electron chi connectivity index (χ0n) is 12.9. The molecule has 0 aromatic rings. The van der Waals surface area contributed by atoms with E-state index in [1.165, 1.54) is 3.28 Å². The van der Waals surface area contributed by atoms with Crippen molar-refractivity contribution in [2.75, 3.05) is 19.6 Å². The molecule has 0 fully saturated rings. The third-order valence-electron chi connectivity index (χ3n) is 3.35. The monoisotopic (exact) mass is 409 g/mol. The summed E-state index contributed by atoms with van der Waals surface area (Å²) < 4.78 is 28.1. The molecule has 0 aromatic heterocycles. The van der Waals surface area contributed by atoms with Crippen molar-refractivity contribution in [1.29, 1.82) is 0 Å². The SMILES string of the molecule is CC[NH][Zr]([NH]CC)([NH]CC)[C]1=[C]([Ge]([CH3])([CH3])[F])C=CC1. The molecule has 1 aliphatic rings. The number of hydrogen-bond donors (Lipinski definition) is 3. The van der Waals surface area contributed by atoms with Crippen LogP contribution in [0.1, 0.15) is 27.2 Å². The Labute approximate surface area is 125 Å². The molecule has 0 bridgehead atoms. The van der Waals surface area contributed by atoms with Gasteiger partial charge in [-0.15, -0.1) is 0 Å². The number of rotatable bonds is 8. The van der Waals surface area contributed by atoms with Crippen molar-refractivity contribution in [3.05, 3.63) is 19.8 Å². The van der Waals surface area contributed by atoms with Crippen LogP contribution in [-0.4, -0.2) is 33.4 Å². The molecule has 110 valence electrons. The van der Waals surface area contributed by atoms with Gasteiger partial charge < -0.3 is 0 Å². The second-order valence-corrected chi connectivity index (χ2v) is 20.4. The molecule has 1 rings (SSSR count). The van der Waals surface area contributed by atoms with Gasteiger partial charge in [0.2, 0.25) is 0 Å². The van der Waals surface area contributed by atoms with E-state index >= 15 is 0 Å². The molecule has 0 heterocycles. The van der Waals surface area contributed by atoms with Gasteiger partial charge in [-0.05, 0) is 0 Å². The molecule has 0 saturated carbocycles. The summed E-state index contributed by atoms with van der Waals surface area (Å²) in [6, 6.07) is 0. The van der Waals surface area contributed by atoms with Gasteiger partial charge in [-0.25, -0.2) is 0 Å². The van der Waals surface area contributed by atoms with E-state index in [1.807, 2.05) is 17.6 Å². The topological polar surface area (TPSA) is 36.1 Å². The van der Waals surface area contributed by atoms with E-state index in [1.54, 1.807) is 0 Å². The molecule has 0 radical (unpaired) electrons. The van der Waals surface area contributed by atoms with Crippen LogP contribution in [0.15, 0.2) is 19.8 Å². The first-order chi connectivity index (χ1) is 8.91. The predicted molar refractivity (Wildman–Crippen MR) is 80.4 cm³/mol. The fraction of sp³-hybridized carbons (Fsp3) is 0.692. The zero-order valence-corrected chi connectivity index (χ0v) is 17.4. The Morgan fingerprint density at radius 1 is 1.11 bits per heavy atom. The predicted octanol–water partition coefficient (Wildman–Crippen LogP) is 2.64. The summed E-state index contributed by atoms with van der Waals surface area (Å²) in [5.74, 6) is 3.68. The number of hydrogen-bond acceptors (Lipinski definition) is 3. The van der Waals surface area contributed by atoms with E-state index in [4.69, 9.17) is 0 Å². The average Bonchev–Trinajstić information content (AvgIpc) is 2.78. The Balaban J connectivity index is 3.22. The fourth-order valence-corrected chi connectivity index (χ4v) is 20.3. The fourth-order valence-electron chi connectivity index (χ4n) is 2.72. The van der Waals surface area contributed by atoms with Gasteiger partial charge in [-0.2, -0.15) is 0 Å². The Bertz CT molecular complexity index is 346. The van der Waals surface area contributed by atoms with E-state index in [0.29, 0.717) is 0 Å². The number of halogens is 1. The van der Waals surface area contributed by atoms with Crippen LogP contribution in [-0.2, 0) is 21.1 Å². The number of nitrogens with one attached hydrogen (secondary N) is 3. The van der Waals surface area contributed by atoms with Gasteiger partial charge in [0, 0.05) is 0 Å². The zero-order chi connectivity index (χ0) is 14.5. The molecule has 0 amide bonds. The maximum atomic E-state index is 14.6. The van der Waals surface area contributed by atoms with Crippen molar-refractivity contribution in [2.45, 2.75) is 38.7 Å². The molecule has 1 aliphatic carbocycles. The Morgan fingerprint density at radius 2 is 1.58 bits per heavy atom. The molecule has 19 heavy (non-hydrogen) atoms. The molecule has 0 aromatic carbocycles. The van der Waals surface area contributed by atoms with Gasteiger partial charge in [0.05, 0.1) is 0 Å². The first-order valence-corrected chi connectivity index (χ1v) is 18.2. The van der Waals surface area contributed by atoms with Crippen LogP contribution >= 0.6 is 0 Å². The molecular weight excluding hydrogens is 381 g/mol. The van der Waals surface area contributed by atoms with Gasteiger partial charge in [0.15, 0.2) is 0 Å². The summed E-state index contributed by atoms with van der Waals surface area (Å²) in [5.41, 5.74) is 0. The standard InChI is InChI=1S/C7H10FGe.3C2H6N.Zr/c1-9(2,8)7-5-3-4-6-7;3*1-2-3;/h3,5H,4H2,1-2H3;3*3H,2H2,1H3;/q;3*-1;+3. The van der Waals surface area contributed by atoms with Crippen molar-refractivity contribution < 1.29 is 24.6 Å². The number of allylic oxidation sites excluding steroid dienone is 4. The van der Waals surface area contributed by atoms with Crippen LogP contribution in [0.3, 0.4) is 0 Å². The molecule has 0 unspecified atom stereocenters. The van der Waals surface area contributed by atoms with Gasteiger partial charge >= 0.3 is 126 Å². The van der Waals surface area contributed by atoms with E-state index in [2.05, 4.69) is 36.6 Å². The van der Waals surface area contributed by atoms with Crippen molar-refractivity contribution in [2.24, 2.45) is 0 Å². The summed E-state index contributed by atoms with van der Waals surface area (Å²) in [7, 11) is 0. The normalized spacial score (nSPS) is 16.5. The van der Waals surface area contributed by atoms with E-state index in [0.717, 1.165) is 30.5 Å². The summed E-state index contributed by atoms with van der Waals surface area (Å²) in [6.07, 6.45) is 5.10. The molecule has 0 saturated heterocycles. The summed E-state index contributed by atoms with van der Waals surface area (Å²) in [5, 5.41) is 0. The Morgan fingerprint density at radius 3 is 1.95 bits per heavy atom. The average molecular weight is 409 g/mol. The van der Waals surface area contributed by atoms with Crippen LogP contribution < -0.4 is 9.78 Å². The molecular formula is C13H28FGeN3Zr. The third-order valence-corrected chi connectivity index (χ3v) is 18.2. The molecule has 3 nitrogen and oxygen atoms in total. The van der Waals surface area contributed by atoms with Gasteiger partial charge in [0.25, 0.3) is 0 Å². The van der Waals surface area contributed by atoms with Crippen LogP contribution in [0.2, 0.25) is 11.5 Å². The van der Waals surface area contributed by atoms with E-state index in [9.17, 15) is 3.50 Å². The molecule has 6 heteroatoms. The van der Waals surface area contributed by atoms with Crippen LogP contribution in [0.4, 0.5) is 3.50 Å². The minimum atomic E-state index is -3.28. The van der Waals surface area contributed by atoms with E-state index in [-0.39, 0.29) is 0 Å². The van der Waals surface area contributed by atoms with Gasteiger partial charge in [0.1, 0.15) is 0 Å². The quantitative estimate of drug-likeness (QED) is 0.540. The van der Waals surface area contributed by atoms with Crippen molar-refractivity contribution in [1.82, 2.24) is 9.78 Å². The minimum absolute atomic E-state index is 0.914. The maximum absolute atomic E-state index is 14.6. The van der Waals surface area contributed by atoms with Crippen molar-refractivity contribution in [3.8, 4) is 0 Å². The molecule has 0 spiro atoms. The first-order valence-electron chi connectivity index (χ1n) is 7.25. The van der Waals surface area contributed by atoms with Crippen molar-refractivity contribution >= 4 is 13.7 Å². The molecule has 0 aliphatic heterocycles. The Kier molecular flexibility index (Phi) is 7.15. The molecule has 3 N–H and O–H groups in total. The summed E-state index contributed by atoms with van der Waals surface area (Å²) in [4.78, 5) is 0. The summed E-state index contributed by atoms with van der Waals surface area (Å²) in [6.45, 7) is 9.16. The van der Waals surface area contributed by atoms with E-state index < -0.39 is 34.9 Å². The van der Waals surface area contributed by atoms with Crippen LogP contribution in [0.25, 0.3) is 0 Å². The Hall–Kier alpha value is 0.716. The third kappa shape index (κ3) is 4.34.